The Kier molecular flexibility index (Phi) is 11.4. The molecule has 41 heavy (non-hydrogen) atoms. The van der Waals surface area contributed by atoms with Crippen LogP contribution in [0.4, 0.5) is 5.69 Å². The van der Waals surface area contributed by atoms with Crippen LogP contribution in [0, 0.1) is 5.92 Å². The molecule has 0 spiro atoms. The van der Waals surface area contributed by atoms with Gasteiger partial charge in [0.1, 0.15) is 0 Å². The molecule has 9 nitrogen and oxygen atoms in total. The number of imidazole rings is 1. The molecule has 2 heterocycles. The average Bonchev–Trinajstić information content (AvgIpc) is 3.39. The Morgan fingerprint density at radius 2 is 1.76 bits per heavy atom. The van der Waals surface area contributed by atoms with Crippen LogP contribution in [-0.2, 0) is 32.7 Å². The Balaban J connectivity index is 1.39. The maximum absolute atomic E-state index is 12.4. The van der Waals surface area contributed by atoms with Crippen molar-refractivity contribution in [2.45, 2.75) is 69.8 Å². The minimum absolute atomic E-state index is 0.00247. The summed E-state index contributed by atoms with van der Waals surface area (Å²) in [5.41, 5.74) is 3.49. The number of nitrogens with one attached hydrogen (secondary N) is 2. The second-order valence-corrected chi connectivity index (χ2v) is 11.4. The number of carbonyl (C=O) groups is 2. The van der Waals surface area contributed by atoms with Crippen LogP contribution in [0.3, 0.4) is 0 Å². The van der Waals surface area contributed by atoms with Gasteiger partial charge in [-0.2, -0.15) is 0 Å². The normalized spacial score (nSPS) is 20.5. The number of rotatable bonds is 13. The number of hydrogen-bond acceptors (Lipinski definition) is 7. The predicted molar refractivity (Wildman–Crippen MR) is 159 cm³/mol. The number of aromatic nitrogens is 2. The fourth-order valence-electron chi connectivity index (χ4n) is 4.76. The zero-order valence-corrected chi connectivity index (χ0v) is 24.7. The van der Waals surface area contributed by atoms with E-state index in [0.717, 1.165) is 52.5 Å². The minimum atomic E-state index is -0.575. The van der Waals surface area contributed by atoms with Gasteiger partial charge in [-0.3, -0.25) is 9.59 Å². The first-order valence-corrected chi connectivity index (χ1v) is 15.1. The van der Waals surface area contributed by atoms with Crippen LogP contribution in [0.2, 0.25) is 0 Å². The third kappa shape index (κ3) is 8.90. The third-order valence-corrected chi connectivity index (χ3v) is 8.35. The number of anilines is 1. The molecule has 4 rings (SSSR count). The summed E-state index contributed by atoms with van der Waals surface area (Å²) in [5, 5.41) is 16.1. The Bertz CT molecular complexity index is 1260. The van der Waals surface area contributed by atoms with Crippen LogP contribution >= 0.6 is 11.8 Å². The summed E-state index contributed by atoms with van der Waals surface area (Å²) >= 11 is 1.66. The van der Waals surface area contributed by atoms with E-state index in [1.54, 1.807) is 18.0 Å². The van der Waals surface area contributed by atoms with Crippen LogP contribution < -0.4 is 10.6 Å². The van der Waals surface area contributed by atoms with Crippen LogP contribution in [0.25, 0.3) is 0 Å². The number of hydrogen-bond donors (Lipinski definition) is 3. The molecule has 0 bridgehead atoms. The average molecular weight is 581 g/mol. The van der Waals surface area contributed by atoms with Gasteiger partial charge in [0.2, 0.25) is 11.8 Å². The summed E-state index contributed by atoms with van der Waals surface area (Å²) in [4.78, 5) is 27.8. The van der Waals surface area contributed by atoms with E-state index in [9.17, 15) is 14.7 Å². The van der Waals surface area contributed by atoms with E-state index >= 15 is 0 Å². The molecule has 1 aliphatic heterocycles. The number of benzene rings is 2. The van der Waals surface area contributed by atoms with Crippen molar-refractivity contribution in [3.8, 4) is 0 Å². The van der Waals surface area contributed by atoms with Crippen molar-refractivity contribution in [3.63, 3.8) is 0 Å². The monoisotopic (exact) mass is 580 g/mol. The van der Waals surface area contributed by atoms with E-state index in [-0.39, 0.29) is 36.5 Å². The van der Waals surface area contributed by atoms with Crippen molar-refractivity contribution in [3.05, 3.63) is 77.6 Å². The molecule has 4 atom stereocenters. The van der Waals surface area contributed by atoms with Gasteiger partial charge in [-0.1, -0.05) is 61.5 Å². The number of aliphatic hydroxyl groups is 1. The summed E-state index contributed by atoms with van der Waals surface area (Å²) in [7, 11) is 1.98. The number of ether oxygens (including phenoxy) is 2. The van der Waals surface area contributed by atoms with Gasteiger partial charge in [-0.15, -0.1) is 0 Å². The summed E-state index contributed by atoms with van der Waals surface area (Å²) in [6.45, 7) is 4.28. The molecule has 0 aliphatic carbocycles. The number of aliphatic hydroxyl groups excluding tert-OH is 1. The maximum atomic E-state index is 12.4. The highest BCUT2D eigenvalue weighted by Crippen LogP contribution is 2.43. The SMILES string of the molecule is CC(=O)NCCCCCC(=O)Nc1ccc(C2OC(CSc3nccn3C)C(C)C(c3ccc(CO)cc3)O2)cc1. The van der Waals surface area contributed by atoms with Crippen LogP contribution in [-0.4, -0.2) is 44.9 Å². The molecular weight excluding hydrogens is 540 g/mol. The van der Waals surface area contributed by atoms with Crippen LogP contribution in [0.15, 0.2) is 66.1 Å². The summed E-state index contributed by atoms with van der Waals surface area (Å²) in [6, 6.07) is 15.5. The van der Waals surface area contributed by atoms with Crippen molar-refractivity contribution >= 4 is 29.3 Å². The van der Waals surface area contributed by atoms with Gasteiger partial charge in [-0.05, 0) is 36.1 Å². The number of carbonyl (C=O) groups excluding carboxylic acids is 2. The Morgan fingerprint density at radius 3 is 2.41 bits per heavy atom. The van der Waals surface area contributed by atoms with Crippen LogP contribution in [0.1, 0.15) is 68.6 Å². The number of unbranched alkanes of at least 4 members (excludes halogenated alkanes) is 2. The van der Waals surface area contributed by atoms with Crippen molar-refractivity contribution in [1.29, 1.82) is 0 Å². The Morgan fingerprint density at radius 1 is 1.02 bits per heavy atom. The standard InChI is InChI=1S/C31H40N4O5S/c1-21-27(20-41-31-33-17-18-35(31)3)39-30(40-29(21)24-10-8-23(19-36)9-11-24)25-12-14-26(15-13-25)34-28(38)7-5-4-6-16-32-22(2)37/h8-15,17-18,21,27,29-30,36H,4-7,16,19-20H2,1-3H3,(H,32,37)(H,34,38). The molecule has 0 radical (unpaired) electrons. The highest BCUT2D eigenvalue weighted by molar-refractivity contribution is 7.99. The lowest BCUT2D eigenvalue weighted by Crippen LogP contribution is -2.38. The fourth-order valence-corrected chi connectivity index (χ4v) is 5.85. The number of thioether (sulfide) groups is 1. The topological polar surface area (TPSA) is 115 Å². The molecule has 220 valence electrons. The number of amides is 2. The first-order valence-electron chi connectivity index (χ1n) is 14.1. The summed E-state index contributed by atoms with van der Waals surface area (Å²) < 4.78 is 15.0. The van der Waals surface area contributed by atoms with Gasteiger partial charge < -0.3 is 29.8 Å². The van der Waals surface area contributed by atoms with E-state index in [1.807, 2.05) is 66.3 Å². The molecule has 4 unspecified atom stereocenters. The van der Waals surface area contributed by atoms with Gasteiger partial charge in [-0.25, -0.2) is 4.98 Å². The number of aryl methyl sites for hydroxylation is 1. The lowest BCUT2D eigenvalue weighted by molar-refractivity contribution is -0.268. The van der Waals surface area contributed by atoms with E-state index in [1.165, 1.54) is 6.92 Å². The lowest BCUT2D eigenvalue weighted by atomic mass is 9.91. The van der Waals surface area contributed by atoms with Gasteiger partial charge in [0.25, 0.3) is 0 Å². The minimum Gasteiger partial charge on any atom is -0.392 e. The molecule has 1 aromatic heterocycles. The quantitative estimate of drug-likeness (QED) is 0.190. The highest BCUT2D eigenvalue weighted by Gasteiger charge is 2.38. The second-order valence-electron chi connectivity index (χ2n) is 10.4. The van der Waals surface area contributed by atoms with Crippen LogP contribution in [0.5, 0.6) is 0 Å². The van der Waals surface area contributed by atoms with Gasteiger partial charge in [0.15, 0.2) is 11.4 Å². The van der Waals surface area contributed by atoms with Gasteiger partial charge in [0.05, 0.1) is 18.8 Å². The number of nitrogens with zero attached hydrogens (tertiary/aromatic N) is 2. The van der Waals surface area contributed by atoms with Gasteiger partial charge in [0, 0.05) is 62.3 Å². The molecular formula is C31H40N4O5S. The smallest absolute Gasteiger partial charge is 0.224 e. The molecule has 2 aromatic carbocycles. The predicted octanol–water partition coefficient (Wildman–Crippen LogP) is 5.13. The first kappa shape index (κ1) is 30.8. The lowest BCUT2D eigenvalue weighted by Gasteiger charge is -2.41. The highest BCUT2D eigenvalue weighted by atomic mass is 32.2. The maximum Gasteiger partial charge on any atom is 0.224 e. The molecule has 1 saturated heterocycles. The molecule has 3 N–H and O–H groups in total. The van der Waals surface area contributed by atoms with E-state index < -0.39 is 6.29 Å². The molecule has 1 aliphatic rings. The van der Waals surface area contributed by atoms with E-state index in [4.69, 9.17) is 9.47 Å². The molecule has 2 amide bonds. The van der Waals surface area contributed by atoms with E-state index in [2.05, 4.69) is 22.5 Å². The third-order valence-electron chi connectivity index (χ3n) is 7.20. The largest absolute Gasteiger partial charge is 0.392 e. The van der Waals surface area contributed by atoms with Crippen molar-refractivity contribution in [2.75, 3.05) is 17.6 Å². The van der Waals surface area contributed by atoms with Crippen molar-refractivity contribution < 1.29 is 24.2 Å². The fraction of sp³-hybridized carbons (Fsp3) is 0.452. The van der Waals surface area contributed by atoms with E-state index in [0.29, 0.717) is 13.0 Å². The molecule has 3 aromatic rings. The molecule has 10 heteroatoms. The zero-order valence-electron chi connectivity index (χ0n) is 23.9. The Labute approximate surface area is 246 Å². The van der Waals surface area contributed by atoms with Crippen molar-refractivity contribution in [1.82, 2.24) is 14.9 Å². The summed E-state index contributed by atoms with van der Waals surface area (Å²) in [5.74, 6) is 0.733. The molecule has 1 fully saturated rings. The van der Waals surface area contributed by atoms with Crippen molar-refractivity contribution in [2.24, 2.45) is 13.0 Å². The Hall–Kier alpha value is -3.18. The summed E-state index contributed by atoms with van der Waals surface area (Å²) in [6.07, 6.45) is 5.79. The zero-order chi connectivity index (χ0) is 29.2. The second kappa shape index (κ2) is 15.2. The first-order chi connectivity index (χ1) is 19.8. The molecule has 0 saturated carbocycles. The van der Waals surface area contributed by atoms with Gasteiger partial charge >= 0.3 is 0 Å².